The number of rotatable bonds is 5. The number of hydrogen-bond donors (Lipinski definition) is 1. The van der Waals surface area contributed by atoms with Crippen molar-refractivity contribution in [2.24, 2.45) is 0 Å². The number of nitrogens with one attached hydrogen (secondary N) is 1. The zero-order valence-electron chi connectivity index (χ0n) is 14.6. The van der Waals surface area contributed by atoms with E-state index < -0.39 is 0 Å². The molecule has 9 heteroatoms. The maximum absolute atomic E-state index is 12.3. The van der Waals surface area contributed by atoms with Gasteiger partial charge in [-0.2, -0.15) is 4.68 Å². The Bertz CT molecular complexity index is 956. The van der Waals surface area contributed by atoms with Gasteiger partial charge in [-0.3, -0.25) is 4.79 Å². The number of nitrogens with zero attached hydrogens (tertiary/aromatic N) is 5. The normalized spacial score (nSPS) is 15.1. The molecule has 140 valence electrons. The minimum atomic E-state index is 0.0286. The fraction of sp³-hybridized carbons (Fsp3) is 0.389. The summed E-state index contributed by atoms with van der Waals surface area (Å²) < 4.78 is 1.62. The molecule has 0 atom stereocenters. The molecule has 1 amide bonds. The molecule has 1 aliphatic rings. The summed E-state index contributed by atoms with van der Waals surface area (Å²) in [5.41, 5.74) is 1.94. The molecule has 27 heavy (non-hydrogen) atoms. The Kier molecular flexibility index (Phi) is 5.54. The number of thioether (sulfide) groups is 1. The second-order valence-electron chi connectivity index (χ2n) is 6.52. The van der Waals surface area contributed by atoms with E-state index in [1.807, 2.05) is 12.1 Å². The van der Waals surface area contributed by atoms with E-state index in [-0.39, 0.29) is 5.91 Å². The Morgan fingerprint density at radius 3 is 2.93 bits per heavy atom. The van der Waals surface area contributed by atoms with Crippen LogP contribution >= 0.6 is 23.4 Å². The Balaban J connectivity index is 1.49. The van der Waals surface area contributed by atoms with Crippen molar-refractivity contribution < 1.29 is 4.79 Å². The van der Waals surface area contributed by atoms with Crippen molar-refractivity contribution in [3.8, 4) is 5.69 Å². The Hall–Kier alpha value is -2.19. The third kappa shape index (κ3) is 4.22. The van der Waals surface area contributed by atoms with Crippen LogP contribution in [0.4, 0.5) is 0 Å². The molecule has 3 aromatic rings. The van der Waals surface area contributed by atoms with Gasteiger partial charge < -0.3 is 5.32 Å². The van der Waals surface area contributed by atoms with E-state index in [1.165, 1.54) is 37.4 Å². The summed E-state index contributed by atoms with van der Waals surface area (Å²) in [5.74, 6) is 0.327. The molecule has 0 bridgehead atoms. The predicted octanol–water partition coefficient (Wildman–Crippen LogP) is 3.40. The molecular formula is C18H19ClN6OS. The van der Waals surface area contributed by atoms with Crippen molar-refractivity contribution in [3.63, 3.8) is 0 Å². The van der Waals surface area contributed by atoms with Crippen molar-refractivity contribution in [3.05, 3.63) is 35.6 Å². The van der Waals surface area contributed by atoms with Gasteiger partial charge in [-0.25, -0.2) is 9.97 Å². The zero-order valence-corrected chi connectivity index (χ0v) is 16.2. The van der Waals surface area contributed by atoms with E-state index in [0.29, 0.717) is 33.0 Å². The van der Waals surface area contributed by atoms with Gasteiger partial charge in [0.15, 0.2) is 11.2 Å². The van der Waals surface area contributed by atoms with Crippen LogP contribution in [-0.4, -0.2) is 42.7 Å². The number of carbonyl (C=O) groups excluding carboxylic acids is 1. The summed E-state index contributed by atoms with van der Waals surface area (Å²) in [6.07, 6.45) is 7.26. The monoisotopic (exact) mass is 402 g/mol. The number of hydrogen-bond acceptors (Lipinski definition) is 6. The molecule has 1 aliphatic carbocycles. The number of benzene rings is 1. The van der Waals surface area contributed by atoms with E-state index in [1.54, 1.807) is 16.8 Å². The van der Waals surface area contributed by atoms with Gasteiger partial charge in [0.2, 0.25) is 5.91 Å². The van der Waals surface area contributed by atoms with Crippen LogP contribution < -0.4 is 5.32 Å². The lowest BCUT2D eigenvalue weighted by molar-refractivity contribution is -0.119. The van der Waals surface area contributed by atoms with Gasteiger partial charge in [0, 0.05) is 11.1 Å². The van der Waals surface area contributed by atoms with E-state index in [9.17, 15) is 4.79 Å². The summed E-state index contributed by atoms with van der Waals surface area (Å²) in [4.78, 5) is 20.8. The molecule has 1 N–H and O–H groups in total. The van der Waals surface area contributed by atoms with E-state index in [2.05, 4.69) is 25.6 Å². The van der Waals surface area contributed by atoms with Crippen LogP contribution in [0.15, 0.2) is 35.6 Å². The lowest BCUT2D eigenvalue weighted by Gasteiger charge is -2.22. The SMILES string of the molecule is O=C(CSc1ncnc2c1nnn2-c1cccc(Cl)c1)NC1CCCCC1. The average molecular weight is 403 g/mol. The first-order valence-electron chi connectivity index (χ1n) is 8.95. The molecule has 1 fully saturated rings. The molecule has 2 aromatic heterocycles. The lowest BCUT2D eigenvalue weighted by Crippen LogP contribution is -2.37. The van der Waals surface area contributed by atoms with Crippen LogP contribution in [0.2, 0.25) is 5.02 Å². The van der Waals surface area contributed by atoms with Crippen molar-refractivity contribution in [2.45, 2.75) is 43.2 Å². The maximum atomic E-state index is 12.3. The molecule has 0 saturated heterocycles. The molecule has 2 heterocycles. The Morgan fingerprint density at radius 1 is 1.26 bits per heavy atom. The van der Waals surface area contributed by atoms with Gasteiger partial charge in [0.1, 0.15) is 11.4 Å². The number of aromatic nitrogens is 5. The standard InChI is InChI=1S/C18H19ClN6OS/c19-12-5-4-8-14(9-12)25-17-16(23-24-25)18(21-11-20-17)27-10-15(26)22-13-6-2-1-3-7-13/h4-5,8-9,11,13H,1-3,6-7,10H2,(H,22,26). The topological polar surface area (TPSA) is 85.6 Å². The molecule has 0 aliphatic heterocycles. The first-order valence-corrected chi connectivity index (χ1v) is 10.3. The molecule has 0 radical (unpaired) electrons. The van der Waals surface area contributed by atoms with Crippen molar-refractivity contribution in [1.29, 1.82) is 0 Å². The van der Waals surface area contributed by atoms with Crippen molar-refractivity contribution >= 4 is 40.4 Å². The summed E-state index contributed by atoms with van der Waals surface area (Å²) in [5, 5.41) is 12.8. The third-order valence-corrected chi connectivity index (χ3v) is 5.78. The van der Waals surface area contributed by atoms with Gasteiger partial charge in [-0.05, 0) is 31.0 Å². The number of halogens is 1. The summed E-state index contributed by atoms with van der Waals surface area (Å²) in [7, 11) is 0. The maximum Gasteiger partial charge on any atom is 0.230 e. The predicted molar refractivity (Wildman–Crippen MR) is 105 cm³/mol. The molecule has 1 aromatic carbocycles. The highest BCUT2D eigenvalue weighted by Crippen LogP contribution is 2.25. The molecule has 4 rings (SSSR count). The fourth-order valence-corrected chi connectivity index (χ4v) is 4.19. The molecule has 0 spiro atoms. The third-order valence-electron chi connectivity index (χ3n) is 4.57. The van der Waals surface area contributed by atoms with E-state index >= 15 is 0 Å². The van der Waals surface area contributed by atoms with Gasteiger partial charge in [-0.15, -0.1) is 5.10 Å². The second kappa shape index (κ2) is 8.22. The van der Waals surface area contributed by atoms with Gasteiger partial charge in [0.05, 0.1) is 11.4 Å². The first kappa shape index (κ1) is 18.2. The van der Waals surface area contributed by atoms with Gasteiger partial charge in [0.25, 0.3) is 0 Å². The smallest absolute Gasteiger partial charge is 0.230 e. The summed E-state index contributed by atoms with van der Waals surface area (Å²) in [6, 6.07) is 7.62. The number of carbonyl (C=O) groups is 1. The molecular weight excluding hydrogens is 384 g/mol. The fourth-order valence-electron chi connectivity index (χ4n) is 3.27. The summed E-state index contributed by atoms with van der Waals surface area (Å²) >= 11 is 7.42. The quantitative estimate of drug-likeness (QED) is 0.520. The highest BCUT2D eigenvalue weighted by molar-refractivity contribution is 8.00. The molecule has 0 unspecified atom stereocenters. The number of fused-ring (bicyclic) bond motifs is 1. The molecule has 1 saturated carbocycles. The average Bonchev–Trinajstić information content (AvgIpc) is 3.12. The highest BCUT2D eigenvalue weighted by Gasteiger charge is 2.18. The number of amides is 1. The zero-order chi connectivity index (χ0) is 18.6. The Morgan fingerprint density at radius 2 is 2.11 bits per heavy atom. The van der Waals surface area contributed by atoms with Crippen molar-refractivity contribution in [1.82, 2.24) is 30.3 Å². The first-order chi connectivity index (χ1) is 13.2. The van der Waals surface area contributed by atoms with Gasteiger partial charge in [-0.1, -0.05) is 53.9 Å². The Labute approximate surface area is 165 Å². The largest absolute Gasteiger partial charge is 0.353 e. The second-order valence-corrected chi connectivity index (χ2v) is 7.92. The van der Waals surface area contributed by atoms with Crippen LogP contribution in [-0.2, 0) is 4.79 Å². The van der Waals surface area contributed by atoms with Crippen LogP contribution in [0.1, 0.15) is 32.1 Å². The van der Waals surface area contributed by atoms with Crippen molar-refractivity contribution in [2.75, 3.05) is 5.75 Å². The molecule has 7 nitrogen and oxygen atoms in total. The van der Waals surface area contributed by atoms with E-state index in [4.69, 9.17) is 11.6 Å². The highest BCUT2D eigenvalue weighted by atomic mass is 35.5. The minimum Gasteiger partial charge on any atom is -0.353 e. The van der Waals surface area contributed by atoms with Crippen LogP contribution in [0.25, 0.3) is 16.9 Å². The minimum absolute atomic E-state index is 0.0286. The van der Waals surface area contributed by atoms with Crippen LogP contribution in [0.5, 0.6) is 0 Å². The van der Waals surface area contributed by atoms with E-state index in [0.717, 1.165) is 18.5 Å². The lowest BCUT2D eigenvalue weighted by atomic mass is 9.95. The van der Waals surface area contributed by atoms with Crippen LogP contribution in [0.3, 0.4) is 0 Å². The summed E-state index contributed by atoms with van der Waals surface area (Å²) in [6.45, 7) is 0. The van der Waals surface area contributed by atoms with Gasteiger partial charge >= 0.3 is 0 Å². The van der Waals surface area contributed by atoms with Crippen LogP contribution in [0, 0.1) is 0 Å².